The standard InChI is InChI=1S/C12H15F2NO/c1-16-11-5-4-9(13)6-10(11)12(14,7-15)8-2-3-8/h4-6,8H,2-3,7,15H2,1H3. The molecule has 0 bridgehead atoms. The monoisotopic (exact) mass is 227 g/mol. The third-order valence-electron chi connectivity index (χ3n) is 3.13. The van der Waals surface area contributed by atoms with E-state index in [1.165, 1.54) is 25.3 Å². The molecule has 16 heavy (non-hydrogen) atoms. The van der Waals surface area contributed by atoms with E-state index in [0.29, 0.717) is 5.75 Å². The minimum Gasteiger partial charge on any atom is -0.496 e. The Hall–Kier alpha value is -1.16. The first-order chi connectivity index (χ1) is 7.61. The third kappa shape index (κ3) is 1.78. The molecule has 0 aromatic heterocycles. The van der Waals surface area contributed by atoms with Crippen LogP contribution in [0.3, 0.4) is 0 Å². The Bertz CT molecular complexity index is 393. The molecule has 1 aromatic carbocycles. The van der Waals surface area contributed by atoms with Gasteiger partial charge < -0.3 is 10.5 Å². The highest BCUT2D eigenvalue weighted by Gasteiger charge is 2.47. The summed E-state index contributed by atoms with van der Waals surface area (Å²) in [7, 11) is 1.45. The lowest BCUT2D eigenvalue weighted by Crippen LogP contribution is -2.33. The molecular weight excluding hydrogens is 212 g/mol. The number of hydrogen-bond donors (Lipinski definition) is 1. The lowest BCUT2D eigenvalue weighted by molar-refractivity contribution is 0.137. The van der Waals surface area contributed by atoms with Crippen molar-refractivity contribution in [1.29, 1.82) is 0 Å². The fraction of sp³-hybridized carbons (Fsp3) is 0.500. The highest BCUT2D eigenvalue weighted by atomic mass is 19.1. The van der Waals surface area contributed by atoms with E-state index in [-0.39, 0.29) is 18.0 Å². The molecule has 0 radical (unpaired) electrons. The van der Waals surface area contributed by atoms with Crippen LogP contribution in [0.4, 0.5) is 8.78 Å². The second kappa shape index (κ2) is 4.01. The molecule has 2 rings (SSSR count). The number of benzene rings is 1. The Morgan fingerprint density at radius 3 is 2.69 bits per heavy atom. The number of ether oxygens (including phenoxy) is 1. The maximum atomic E-state index is 14.7. The summed E-state index contributed by atoms with van der Waals surface area (Å²) in [5.41, 5.74) is 4.08. The Labute approximate surface area is 93.4 Å². The van der Waals surface area contributed by atoms with Crippen molar-refractivity contribution in [2.75, 3.05) is 13.7 Å². The van der Waals surface area contributed by atoms with Crippen molar-refractivity contribution in [2.24, 2.45) is 11.7 Å². The predicted molar refractivity (Wildman–Crippen MR) is 57.5 cm³/mol. The van der Waals surface area contributed by atoms with Crippen LogP contribution in [0.2, 0.25) is 0 Å². The van der Waals surface area contributed by atoms with Crippen molar-refractivity contribution in [3.05, 3.63) is 29.6 Å². The Morgan fingerprint density at radius 2 is 2.19 bits per heavy atom. The summed E-state index contributed by atoms with van der Waals surface area (Å²) in [6.45, 7) is -0.141. The highest BCUT2D eigenvalue weighted by molar-refractivity contribution is 5.40. The van der Waals surface area contributed by atoms with Gasteiger partial charge in [0.05, 0.1) is 7.11 Å². The van der Waals surface area contributed by atoms with E-state index < -0.39 is 11.5 Å². The second-order valence-corrected chi connectivity index (χ2v) is 4.19. The molecule has 1 unspecified atom stereocenters. The summed E-state index contributed by atoms with van der Waals surface area (Å²) in [5, 5.41) is 0. The number of nitrogens with two attached hydrogens (primary N) is 1. The van der Waals surface area contributed by atoms with Gasteiger partial charge in [-0.05, 0) is 37.0 Å². The molecule has 2 N–H and O–H groups in total. The maximum absolute atomic E-state index is 14.7. The van der Waals surface area contributed by atoms with Crippen LogP contribution in [-0.4, -0.2) is 13.7 Å². The molecule has 4 heteroatoms. The van der Waals surface area contributed by atoms with Crippen molar-refractivity contribution in [1.82, 2.24) is 0 Å². The van der Waals surface area contributed by atoms with Crippen LogP contribution in [0.5, 0.6) is 5.75 Å². The normalized spacial score (nSPS) is 19.2. The minimum atomic E-state index is -1.66. The molecule has 0 spiro atoms. The molecule has 0 heterocycles. The Kier molecular flexibility index (Phi) is 2.84. The van der Waals surface area contributed by atoms with Crippen LogP contribution in [0.25, 0.3) is 0 Å². The van der Waals surface area contributed by atoms with Gasteiger partial charge in [0.15, 0.2) is 5.67 Å². The molecule has 1 saturated carbocycles. The zero-order valence-electron chi connectivity index (χ0n) is 9.17. The second-order valence-electron chi connectivity index (χ2n) is 4.19. The molecule has 0 saturated heterocycles. The smallest absolute Gasteiger partial charge is 0.154 e. The maximum Gasteiger partial charge on any atom is 0.154 e. The molecule has 1 fully saturated rings. The fourth-order valence-electron chi connectivity index (χ4n) is 2.04. The number of rotatable bonds is 4. The van der Waals surface area contributed by atoms with Gasteiger partial charge in [0.1, 0.15) is 11.6 Å². The van der Waals surface area contributed by atoms with Gasteiger partial charge in [-0.15, -0.1) is 0 Å². The number of halogens is 2. The summed E-state index contributed by atoms with van der Waals surface area (Å²) in [6.07, 6.45) is 1.60. The van der Waals surface area contributed by atoms with Gasteiger partial charge in [-0.2, -0.15) is 0 Å². The van der Waals surface area contributed by atoms with E-state index in [1.807, 2.05) is 0 Å². The zero-order valence-corrected chi connectivity index (χ0v) is 9.17. The molecule has 2 nitrogen and oxygen atoms in total. The minimum absolute atomic E-state index is 0.104. The Morgan fingerprint density at radius 1 is 1.50 bits per heavy atom. The molecule has 1 aliphatic carbocycles. The van der Waals surface area contributed by atoms with Crippen LogP contribution in [0, 0.1) is 11.7 Å². The van der Waals surface area contributed by atoms with Gasteiger partial charge in [-0.1, -0.05) is 0 Å². The average Bonchev–Trinajstić information content (AvgIpc) is 3.12. The Balaban J connectivity index is 2.47. The van der Waals surface area contributed by atoms with E-state index in [4.69, 9.17) is 10.5 Å². The van der Waals surface area contributed by atoms with Gasteiger partial charge >= 0.3 is 0 Å². The van der Waals surface area contributed by atoms with Crippen LogP contribution in [0.1, 0.15) is 18.4 Å². The summed E-state index contributed by atoms with van der Waals surface area (Å²) >= 11 is 0. The number of methoxy groups -OCH3 is 1. The van der Waals surface area contributed by atoms with Crippen molar-refractivity contribution in [3.8, 4) is 5.75 Å². The lowest BCUT2D eigenvalue weighted by Gasteiger charge is -2.25. The van der Waals surface area contributed by atoms with E-state index in [1.54, 1.807) is 0 Å². The number of alkyl halides is 1. The summed E-state index contributed by atoms with van der Waals surface area (Å²) in [6, 6.07) is 3.88. The van der Waals surface area contributed by atoms with Crippen LogP contribution in [-0.2, 0) is 5.67 Å². The van der Waals surface area contributed by atoms with Crippen molar-refractivity contribution in [2.45, 2.75) is 18.5 Å². The SMILES string of the molecule is COc1ccc(F)cc1C(F)(CN)C1CC1. The summed E-state index contributed by atoms with van der Waals surface area (Å²) < 4.78 is 32.9. The van der Waals surface area contributed by atoms with Gasteiger partial charge in [0.2, 0.25) is 0 Å². The first-order valence-electron chi connectivity index (χ1n) is 5.35. The van der Waals surface area contributed by atoms with Gasteiger partial charge in [-0.3, -0.25) is 0 Å². The molecule has 88 valence electrons. The predicted octanol–water partition coefficient (Wildman–Crippen LogP) is 2.37. The zero-order chi connectivity index (χ0) is 11.8. The molecule has 1 aliphatic rings. The molecule has 1 atom stereocenters. The fourth-order valence-corrected chi connectivity index (χ4v) is 2.04. The first-order valence-corrected chi connectivity index (χ1v) is 5.35. The van der Waals surface area contributed by atoms with Crippen LogP contribution < -0.4 is 10.5 Å². The van der Waals surface area contributed by atoms with E-state index in [2.05, 4.69) is 0 Å². The molecule has 0 aliphatic heterocycles. The number of hydrogen-bond acceptors (Lipinski definition) is 2. The van der Waals surface area contributed by atoms with E-state index in [9.17, 15) is 8.78 Å². The van der Waals surface area contributed by atoms with Gasteiger partial charge in [-0.25, -0.2) is 8.78 Å². The van der Waals surface area contributed by atoms with Crippen LogP contribution in [0.15, 0.2) is 18.2 Å². The summed E-state index contributed by atoms with van der Waals surface area (Å²) in [4.78, 5) is 0. The van der Waals surface area contributed by atoms with E-state index >= 15 is 0 Å². The first kappa shape index (κ1) is 11.3. The van der Waals surface area contributed by atoms with Crippen molar-refractivity contribution in [3.63, 3.8) is 0 Å². The largest absolute Gasteiger partial charge is 0.496 e. The topological polar surface area (TPSA) is 35.2 Å². The summed E-state index contributed by atoms with van der Waals surface area (Å²) in [5.74, 6) is -0.207. The molecule has 0 amide bonds. The highest BCUT2D eigenvalue weighted by Crippen LogP contribution is 2.50. The average molecular weight is 227 g/mol. The third-order valence-corrected chi connectivity index (χ3v) is 3.13. The molecular formula is C12H15F2NO. The van der Waals surface area contributed by atoms with Crippen LogP contribution >= 0.6 is 0 Å². The van der Waals surface area contributed by atoms with Gasteiger partial charge in [0, 0.05) is 12.1 Å². The van der Waals surface area contributed by atoms with Gasteiger partial charge in [0.25, 0.3) is 0 Å². The quantitative estimate of drug-likeness (QED) is 0.857. The molecule has 1 aromatic rings. The van der Waals surface area contributed by atoms with Crippen molar-refractivity contribution < 1.29 is 13.5 Å². The van der Waals surface area contributed by atoms with E-state index in [0.717, 1.165) is 12.8 Å². The lowest BCUT2D eigenvalue weighted by atomic mass is 9.90. The van der Waals surface area contributed by atoms with Crippen molar-refractivity contribution >= 4 is 0 Å².